The van der Waals surface area contributed by atoms with Gasteiger partial charge in [0.1, 0.15) is 0 Å². The smallest absolute Gasteiger partial charge is 0.0416 e. The van der Waals surface area contributed by atoms with Gasteiger partial charge in [-0.2, -0.15) is 0 Å². The predicted octanol–water partition coefficient (Wildman–Crippen LogP) is 2.40. The van der Waals surface area contributed by atoms with Crippen molar-refractivity contribution in [1.82, 2.24) is 10.3 Å². The van der Waals surface area contributed by atoms with E-state index in [9.17, 15) is 0 Å². The first-order chi connectivity index (χ1) is 7.34. The minimum absolute atomic E-state index is 0.753. The first-order valence-electron chi connectivity index (χ1n) is 5.98. The van der Waals surface area contributed by atoms with E-state index in [0.29, 0.717) is 0 Å². The van der Waals surface area contributed by atoms with Crippen molar-refractivity contribution in [2.24, 2.45) is 5.92 Å². The minimum Gasteiger partial charge on any atom is -0.314 e. The van der Waals surface area contributed by atoms with Crippen LogP contribution in [0.2, 0.25) is 0 Å². The molecule has 1 aromatic rings. The van der Waals surface area contributed by atoms with Crippen LogP contribution in [0.25, 0.3) is 0 Å². The Bertz CT molecular complexity index is 284. The lowest BCUT2D eigenvalue weighted by atomic mass is 10.1. The van der Waals surface area contributed by atoms with Gasteiger partial charge in [-0.05, 0) is 37.3 Å². The summed E-state index contributed by atoms with van der Waals surface area (Å²) in [4.78, 5) is 4.32. The molecule has 1 aliphatic rings. The number of pyridine rings is 1. The molecule has 1 fully saturated rings. The van der Waals surface area contributed by atoms with Gasteiger partial charge >= 0.3 is 0 Å². The number of rotatable bonds is 4. The Balaban J connectivity index is 1.67. The van der Waals surface area contributed by atoms with Gasteiger partial charge in [0.05, 0.1) is 0 Å². The summed E-state index contributed by atoms with van der Waals surface area (Å²) in [5, 5.41) is 3.62. The van der Waals surface area contributed by atoms with Crippen molar-refractivity contribution in [2.75, 3.05) is 6.54 Å². The van der Waals surface area contributed by atoms with Gasteiger partial charge in [0.25, 0.3) is 0 Å². The highest BCUT2D eigenvalue weighted by atomic mass is 14.9. The molecule has 1 aliphatic carbocycles. The first-order valence-corrected chi connectivity index (χ1v) is 5.98. The van der Waals surface area contributed by atoms with Crippen LogP contribution < -0.4 is 5.32 Å². The highest BCUT2D eigenvalue weighted by Crippen LogP contribution is 2.24. The fourth-order valence-corrected chi connectivity index (χ4v) is 2.34. The third-order valence-corrected chi connectivity index (χ3v) is 3.24. The molecule has 2 nitrogen and oxygen atoms in total. The van der Waals surface area contributed by atoms with E-state index in [-0.39, 0.29) is 0 Å². The summed E-state index contributed by atoms with van der Waals surface area (Å²) < 4.78 is 0. The average molecular weight is 204 g/mol. The van der Waals surface area contributed by atoms with Gasteiger partial charge in [0.15, 0.2) is 0 Å². The molecule has 82 valence electrons. The van der Waals surface area contributed by atoms with Crippen LogP contribution in [0.1, 0.15) is 31.9 Å². The summed E-state index contributed by atoms with van der Waals surface area (Å²) in [6.07, 6.45) is 7.01. The second kappa shape index (κ2) is 5.26. The van der Waals surface area contributed by atoms with Crippen molar-refractivity contribution < 1.29 is 0 Å². The van der Waals surface area contributed by atoms with Gasteiger partial charge in [-0.1, -0.05) is 13.0 Å². The quantitative estimate of drug-likeness (QED) is 0.814. The maximum absolute atomic E-state index is 4.32. The zero-order chi connectivity index (χ0) is 10.5. The largest absolute Gasteiger partial charge is 0.314 e. The summed E-state index contributed by atoms with van der Waals surface area (Å²) in [7, 11) is 0. The summed E-state index contributed by atoms with van der Waals surface area (Å²) in [6.45, 7) is 3.41. The van der Waals surface area contributed by atoms with Crippen LogP contribution in [0.15, 0.2) is 24.4 Å². The van der Waals surface area contributed by atoms with E-state index in [1.807, 2.05) is 12.3 Å². The monoisotopic (exact) mass is 204 g/mol. The Morgan fingerprint density at radius 2 is 2.33 bits per heavy atom. The van der Waals surface area contributed by atoms with E-state index in [2.05, 4.69) is 29.4 Å². The molecule has 2 heteroatoms. The van der Waals surface area contributed by atoms with Crippen molar-refractivity contribution in [1.29, 1.82) is 0 Å². The van der Waals surface area contributed by atoms with Crippen molar-refractivity contribution in [3.05, 3.63) is 30.1 Å². The maximum atomic E-state index is 4.32. The molecule has 1 saturated carbocycles. The lowest BCUT2D eigenvalue weighted by Crippen LogP contribution is -2.28. The van der Waals surface area contributed by atoms with Crippen molar-refractivity contribution in [3.8, 4) is 0 Å². The summed E-state index contributed by atoms with van der Waals surface area (Å²) >= 11 is 0. The van der Waals surface area contributed by atoms with Crippen LogP contribution in [0.5, 0.6) is 0 Å². The molecule has 0 unspecified atom stereocenters. The second-order valence-electron chi connectivity index (χ2n) is 4.64. The molecule has 0 saturated heterocycles. The molecule has 1 N–H and O–H groups in total. The molecule has 1 aromatic heterocycles. The maximum Gasteiger partial charge on any atom is 0.0416 e. The Hall–Kier alpha value is -0.890. The Morgan fingerprint density at radius 1 is 1.40 bits per heavy atom. The minimum atomic E-state index is 0.753. The number of nitrogens with one attached hydrogen (secondary N) is 1. The molecule has 0 bridgehead atoms. The van der Waals surface area contributed by atoms with E-state index in [4.69, 9.17) is 0 Å². The van der Waals surface area contributed by atoms with Crippen molar-refractivity contribution in [3.63, 3.8) is 0 Å². The van der Waals surface area contributed by atoms with E-state index in [0.717, 1.165) is 24.9 Å². The lowest BCUT2D eigenvalue weighted by Gasteiger charge is -2.11. The van der Waals surface area contributed by atoms with Gasteiger partial charge in [-0.15, -0.1) is 0 Å². The van der Waals surface area contributed by atoms with E-state index >= 15 is 0 Å². The van der Waals surface area contributed by atoms with Crippen LogP contribution >= 0.6 is 0 Å². The van der Waals surface area contributed by atoms with Crippen LogP contribution in [0.4, 0.5) is 0 Å². The van der Waals surface area contributed by atoms with E-state index < -0.39 is 0 Å². The Morgan fingerprint density at radius 3 is 3.00 bits per heavy atom. The zero-order valence-corrected chi connectivity index (χ0v) is 9.45. The van der Waals surface area contributed by atoms with Gasteiger partial charge < -0.3 is 5.32 Å². The van der Waals surface area contributed by atoms with Gasteiger partial charge in [-0.3, -0.25) is 4.98 Å². The number of aromatic nitrogens is 1. The number of hydrogen-bond donors (Lipinski definition) is 1. The van der Waals surface area contributed by atoms with Crippen LogP contribution in [0, 0.1) is 5.92 Å². The average Bonchev–Trinajstić information content (AvgIpc) is 2.66. The molecule has 0 aromatic carbocycles. The molecule has 0 aliphatic heterocycles. The standard InChI is InChI=1S/C13H20N2/c1-11-5-6-13(10-11)15-9-7-12-4-2-3-8-14-12/h2-4,8,11,13,15H,5-7,9-10H2,1H3/t11-,13+/m0/s1. The first kappa shape index (κ1) is 10.6. The molecule has 15 heavy (non-hydrogen) atoms. The third-order valence-electron chi connectivity index (χ3n) is 3.24. The van der Waals surface area contributed by atoms with Crippen LogP contribution in [-0.2, 0) is 6.42 Å². The third kappa shape index (κ3) is 3.31. The second-order valence-corrected chi connectivity index (χ2v) is 4.64. The molecule has 0 spiro atoms. The highest BCUT2D eigenvalue weighted by Gasteiger charge is 2.20. The van der Waals surface area contributed by atoms with Crippen LogP contribution in [0.3, 0.4) is 0 Å². The van der Waals surface area contributed by atoms with Crippen LogP contribution in [-0.4, -0.2) is 17.6 Å². The molecule has 1 heterocycles. The normalized spacial score (nSPS) is 25.7. The number of nitrogens with zero attached hydrogens (tertiary/aromatic N) is 1. The Labute approximate surface area is 92.1 Å². The molecule has 2 atom stereocenters. The van der Waals surface area contributed by atoms with Gasteiger partial charge in [0.2, 0.25) is 0 Å². The number of hydrogen-bond acceptors (Lipinski definition) is 2. The summed E-state index contributed by atoms with van der Waals surface area (Å²) in [5.74, 6) is 0.914. The molecular formula is C13H20N2. The summed E-state index contributed by atoms with van der Waals surface area (Å²) in [6, 6.07) is 6.87. The van der Waals surface area contributed by atoms with E-state index in [1.165, 1.54) is 25.0 Å². The molecule has 0 amide bonds. The lowest BCUT2D eigenvalue weighted by molar-refractivity contribution is 0.504. The molecule has 0 radical (unpaired) electrons. The van der Waals surface area contributed by atoms with Crippen molar-refractivity contribution in [2.45, 2.75) is 38.6 Å². The van der Waals surface area contributed by atoms with Gasteiger partial charge in [-0.25, -0.2) is 0 Å². The SMILES string of the molecule is C[C@H]1CC[C@@H](NCCc2ccccn2)C1. The Kier molecular flexibility index (Phi) is 3.73. The molecule has 2 rings (SSSR count). The van der Waals surface area contributed by atoms with Gasteiger partial charge in [0, 0.05) is 30.9 Å². The molecular weight excluding hydrogens is 184 g/mol. The summed E-state index contributed by atoms with van der Waals surface area (Å²) in [5.41, 5.74) is 1.19. The zero-order valence-electron chi connectivity index (χ0n) is 9.45. The fourth-order valence-electron chi connectivity index (χ4n) is 2.34. The fraction of sp³-hybridized carbons (Fsp3) is 0.615. The predicted molar refractivity (Wildman–Crippen MR) is 62.7 cm³/mol. The highest BCUT2D eigenvalue weighted by molar-refractivity contribution is 5.03. The van der Waals surface area contributed by atoms with Crippen molar-refractivity contribution >= 4 is 0 Å². The van der Waals surface area contributed by atoms with E-state index in [1.54, 1.807) is 0 Å². The topological polar surface area (TPSA) is 24.9 Å².